The topological polar surface area (TPSA) is 38.1 Å². The van der Waals surface area contributed by atoms with Gasteiger partial charge < -0.3 is 9.47 Å². The molecule has 0 N–H and O–H groups in total. The van der Waals surface area contributed by atoms with E-state index in [4.69, 9.17) is 0 Å². The lowest BCUT2D eigenvalue weighted by Crippen LogP contribution is -2.40. The Morgan fingerprint density at radius 3 is 2.50 bits per heavy atom. The van der Waals surface area contributed by atoms with Crippen LogP contribution in [0.4, 0.5) is 0 Å². The second kappa shape index (κ2) is 6.42. The lowest BCUT2D eigenvalue weighted by molar-refractivity contribution is -0.131. The molecule has 1 saturated carbocycles. The zero-order valence-corrected chi connectivity index (χ0v) is 14.3. The molecule has 1 aliphatic heterocycles. The summed E-state index contributed by atoms with van der Waals surface area (Å²) in [5.74, 6) is 2.21. The number of piperidine rings is 1. The minimum atomic E-state index is 0.254. The number of rotatable bonds is 4. The zero-order valence-electron chi connectivity index (χ0n) is 14.3. The van der Waals surface area contributed by atoms with Gasteiger partial charge in [0.1, 0.15) is 5.82 Å². The standard InChI is InChI=1S/C20H25N3O/c1-15-14-21-20(17-7-8-17)23(15)18-9-11-22(12-10-18)19(24)13-16-5-3-2-4-6-16/h2-6,14,17-18H,7-13H2,1H3. The Labute approximate surface area is 143 Å². The summed E-state index contributed by atoms with van der Waals surface area (Å²) in [5, 5.41) is 0. The van der Waals surface area contributed by atoms with Crippen LogP contribution in [0, 0.1) is 6.92 Å². The van der Waals surface area contributed by atoms with Gasteiger partial charge in [-0.1, -0.05) is 30.3 Å². The minimum Gasteiger partial charge on any atom is -0.342 e. The molecule has 1 saturated heterocycles. The van der Waals surface area contributed by atoms with Crippen LogP contribution in [0.2, 0.25) is 0 Å². The van der Waals surface area contributed by atoms with Crippen LogP contribution in [0.1, 0.15) is 54.7 Å². The number of nitrogens with zero attached hydrogens (tertiary/aromatic N) is 3. The number of hydrogen-bond donors (Lipinski definition) is 0. The molecule has 0 spiro atoms. The Balaban J connectivity index is 1.38. The third-order valence-corrected chi connectivity index (χ3v) is 5.33. The van der Waals surface area contributed by atoms with E-state index in [0.717, 1.165) is 31.5 Å². The lowest BCUT2D eigenvalue weighted by Gasteiger charge is -2.34. The Morgan fingerprint density at radius 1 is 1.12 bits per heavy atom. The summed E-state index contributed by atoms with van der Waals surface area (Å²) in [7, 11) is 0. The van der Waals surface area contributed by atoms with E-state index in [1.165, 1.54) is 24.4 Å². The van der Waals surface area contributed by atoms with E-state index in [-0.39, 0.29) is 5.91 Å². The van der Waals surface area contributed by atoms with Crippen LogP contribution in [-0.4, -0.2) is 33.4 Å². The molecule has 126 valence electrons. The van der Waals surface area contributed by atoms with Gasteiger partial charge in [-0.3, -0.25) is 4.79 Å². The van der Waals surface area contributed by atoms with Gasteiger partial charge in [0.25, 0.3) is 0 Å². The summed E-state index contributed by atoms with van der Waals surface area (Å²) < 4.78 is 2.46. The first-order valence-corrected chi connectivity index (χ1v) is 9.08. The first-order chi connectivity index (χ1) is 11.7. The molecular weight excluding hydrogens is 298 g/mol. The monoisotopic (exact) mass is 323 g/mol. The summed E-state index contributed by atoms with van der Waals surface area (Å²) in [4.78, 5) is 19.2. The molecule has 0 unspecified atom stereocenters. The molecule has 0 bridgehead atoms. The molecule has 1 aliphatic carbocycles. The molecule has 1 amide bonds. The second-order valence-electron chi connectivity index (χ2n) is 7.18. The van der Waals surface area contributed by atoms with E-state index in [1.807, 2.05) is 41.4 Å². The summed E-state index contributed by atoms with van der Waals surface area (Å²) >= 11 is 0. The molecule has 2 heterocycles. The smallest absolute Gasteiger partial charge is 0.226 e. The zero-order chi connectivity index (χ0) is 16.5. The van der Waals surface area contributed by atoms with Crippen molar-refractivity contribution in [1.29, 1.82) is 0 Å². The molecule has 4 rings (SSSR count). The summed E-state index contributed by atoms with van der Waals surface area (Å²) in [5.41, 5.74) is 2.37. The van der Waals surface area contributed by atoms with Crippen molar-refractivity contribution in [2.24, 2.45) is 0 Å². The number of benzene rings is 1. The van der Waals surface area contributed by atoms with E-state index >= 15 is 0 Å². The quantitative estimate of drug-likeness (QED) is 0.864. The van der Waals surface area contributed by atoms with Crippen LogP contribution in [0.3, 0.4) is 0 Å². The second-order valence-corrected chi connectivity index (χ2v) is 7.18. The normalized spacial score (nSPS) is 18.8. The van der Waals surface area contributed by atoms with Gasteiger partial charge in [0.2, 0.25) is 5.91 Å². The predicted octanol–water partition coefficient (Wildman–Crippen LogP) is 3.48. The van der Waals surface area contributed by atoms with Gasteiger partial charge >= 0.3 is 0 Å². The predicted molar refractivity (Wildman–Crippen MR) is 93.9 cm³/mol. The molecule has 2 fully saturated rings. The molecule has 2 aliphatic rings. The highest BCUT2D eigenvalue weighted by atomic mass is 16.2. The molecule has 1 aromatic heterocycles. The van der Waals surface area contributed by atoms with Crippen LogP contribution in [0.15, 0.2) is 36.5 Å². The Morgan fingerprint density at radius 2 is 1.83 bits per heavy atom. The van der Waals surface area contributed by atoms with Crippen LogP contribution in [-0.2, 0) is 11.2 Å². The maximum absolute atomic E-state index is 12.5. The largest absolute Gasteiger partial charge is 0.342 e. The van der Waals surface area contributed by atoms with Crippen LogP contribution in [0.25, 0.3) is 0 Å². The van der Waals surface area contributed by atoms with Gasteiger partial charge in [-0.25, -0.2) is 4.98 Å². The number of amides is 1. The molecule has 2 aromatic rings. The molecule has 4 heteroatoms. The Bertz CT molecular complexity index is 710. The fraction of sp³-hybridized carbons (Fsp3) is 0.500. The van der Waals surface area contributed by atoms with Gasteiger partial charge in [-0.2, -0.15) is 0 Å². The van der Waals surface area contributed by atoms with Crippen molar-refractivity contribution in [1.82, 2.24) is 14.5 Å². The van der Waals surface area contributed by atoms with Gasteiger partial charge in [-0.15, -0.1) is 0 Å². The molecule has 1 aromatic carbocycles. The highest BCUT2D eigenvalue weighted by Crippen LogP contribution is 2.41. The van der Waals surface area contributed by atoms with Crippen molar-refractivity contribution in [2.45, 2.75) is 51.0 Å². The van der Waals surface area contributed by atoms with E-state index in [2.05, 4.69) is 16.5 Å². The lowest BCUT2D eigenvalue weighted by atomic mass is 10.0. The Kier molecular flexibility index (Phi) is 4.13. The number of imidazole rings is 1. The van der Waals surface area contributed by atoms with Gasteiger partial charge in [0.15, 0.2) is 0 Å². The number of carbonyl (C=O) groups is 1. The summed E-state index contributed by atoms with van der Waals surface area (Å²) in [6.07, 6.45) is 7.17. The van der Waals surface area contributed by atoms with Crippen molar-refractivity contribution in [3.63, 3.8) is 0 Å². The Hall–Kier alpha value is -2.10. The van der Waals surface area contributed by atoms with Gasteiger partial charge in [-0.05, 0) is 38.2 Å². The number of likely N-dealkylation sites (tertiary alicyclic amines) is 1. The maximum Gasteiger partial charge on any atom is 0.226 e. The van der Waals surface area contributed by atoms with E-state index in [9.17, 15) is 4.79 Å². The first kappa shape index (κ1) is 15.4. The summed E-state index contributed by atoms with van der Waals surface area (Å²) in [6.45, 7) is 3.88. The van der Waals surface area contributed by atoms with Gasteiger partial charge in [0.05, 0.1) is 6.42 Å². The van der Waals surface area contributed by atoms with Crippen molar-refractivity contribution >= 4 is 5.91 Å². The third-order valence-electron chi connectivity index (χ3n) is 5.33. The van der Waals surface area contributed by atoms with E-state index in [0.29, 0.717) is 18.4 Å². The number of aryl methyl sites for hydroxylation is 1. The fourth-order valence-corrected chi connectivity index (χ4v) is 3.84. The minimum absolute atomic E-state index is 0.254. The molecular formula is C20H25N3O. The number of hydrogen-bond acceptors (Lipinski definition) is 2. The van der Waals surface area contributed by atoms with Crippen molar-refractivity contribution in [3.8, 4) is 0 Å². The van der Waals surface area contributed by atoms with Crippen molar-refractivity contribution in [2.75, 3.05) is 13.1 Å². The highest BCUT2D eigenvalue weighted by molar-refractivity contribution is 5.78. The maximum atomic E-state index is 12.5. The molecule has 4 nitrogen and oxygen atoms in total. The van der Waals surface area contributed by atoms with Crippen LogP contribution >= 0.6 is 0 Å². The van der Waals surface area contributed by atoms with Crippen molar-refractivity contribution in [3.05, 3.63) is 53.6 Å². The molecule has 0 radical (unpaired) electrons. The average molecular weight is 323 g/mol. The molecule has 0 atom stereocenters. The van der Waals surface area contributed by atoms with E-state index in [1.54, 1.807) is 0 Å². The van der Waals surface area contributed by atoms with Gasteiger partial charge in [0, 0.05) is 36.9 Å². The third kappa shape index (κ3) is 3.10. The highest BCUT2D eigenvalue weighted by Gasteiger charge is 2.32. The number of carbonyl (C=O) groups excluding carboxylic acids is 1. The first-order valence-electron chi connectivity index (χ1n) is 9.08. The van der Waals surface area contributed by atoms with E-state index < -0.39 is 0 Å². The van der Waals surface area contributed by atoms with Crippen LogP contribution in [0.5, 0.6) is 0 Å². The number of aromatic nitrogens is 2. The van der Waals surface area contributed by atoms with Crippen LogP contribution < -0.4 is 0 Å². The summed E-state index contributed by atoms with van der Waals surface area (Å²) in [6, 6.07) is 10.5. The molecule has 24 heavy (non-hydrogen) atoms. The van der Waals surface area contributed by atoms with Crippen molar-refractivity contribution < 1.29 is 4.79 Å². The average Bonchev–Trinajstić information content (AvgIpc) is 3.38. The SMILES string of the molecule is Cc1cnc(C2CC2)n1C1CCN(C(=O)Cc2ccccc2)CC1. The fourth-order valence-electron chi connectivity index (χ4n) is 3.84.